The first-order chi connectivity index (χ1) is 15.0. The molecule has 0 spiro atoms. The van der Waals surface area contributed by atoms with E-state index in [-0.39, 0.29) is 29.8 Å². The highest BCUT2D eigenvalue weighted by Gasteiger charge is 2.37. The summed E-state index contributed by atoms with van der Waals surface area (Å²) in [6, 6.07) is 8.54. The number of nitrogens with one attached hydrogen (secondary N) is 2. The summed E-state index contributed by atoms with van der Waals surface area (Å²) in [5.74, 6) is 4.82. The average Bonchev–Trinajstić information content (AvgIpc) is 2.79. The SMILES string of the molecule is CC(=O)N1C2=C(CC(C(=O)NN)C=C2)C(Nc2ccc(N3CCOCC3)cc2)CC1C. The summed E-state index contributed by atoms with van der Waals surface area (Å²) in [6.45, 7) is 6.98. The van der Waals surface area contributed by atoms with Gasteiger partial charge in [0.1, 0.15) is 0 Å². The topological polar surface area (TPSA) is 99.9 Å². The highest BCUT2D eigenvalue weighted by Crippen LogP contribution is 2.37. The second-order valence-electron chi connectivity index (χ2n) is 8.41. The molecule has 0 saturated carbocycles. The minimum atomic E-state index is -0.334. The lowest BCUT2D eigenvalue weighted by Gasteiger charge is -2.42. The van der Waals surface area contributed by atoms with E-state index in [1.165, 1.54) is 5.69 Å². The van der Waals surface area contributed by atoms with Crippen molar-refractivity contribution >= 4 is 23.2 Å². The molecular formula is C23H31N5O3. The molecule has 1 aromatic carbocycles. The lowest BCUT2D eigenvalue weighted by Crippen LogP contribution is -2.47. The van der Waals surface area contributed by atoms with E-state index in [1.807, 2.05) is 17.1 Å². The van der Waals surface area contributed by atoms with Crippen LogP contribution in [0.1, 0.15) is 26.7 Å². The fourth-order valence-electron chi connectivity index (χ4n) is 4.81. The number of benzene rings is 1. The van der Waals surface area contributed by atoms with Gasteiger partial charge in [0.15, 0.2) is 0 Å². The van der Waals surface area contributed by atoms with Gasteiger partial charge in [-0.15, -0.1) is 0 Å². The van der Waals surface area contributed by atoms with Crippen molar-refractivity contribution in [3.63, 3.8) is 0 Å². The summed E-state index contributed by atoms with van der Waals surface area (Å²) in [5.41, 5.74) is 6.43. The Bertz CT molecular complexity index is 889. The Balaban J connectivity index is 1.56. The number of ether oxygens (including phenoxy) is 1. The van der Waals surface area contributed by atoms with E-state index >= 15 is 0 Å². The number of amides is 2. The first-order valence-corrected chi connectivity index (χ1v) is 10.9. The lowest BCUT2D eigenvalue weighted by molar-refractivity contribution is -0.128. The summed E-state index contributed by atoms with van der Waals surface area (Å²) in [6.07, 6.45) is 5.04. The number of hydrogen-bond donors (Lipinski definition) is 3. The van der Waals surface area contributed by atoms with E-state index in [1.54, 1.807) is 6.92 Å². The third kappa shape index (κ3) is 4.45. The Morgan fingerprint density at radius 1 is 1.16 bits per heavy atom. The number of nitrogens with zero attached hydrogens (tertiary/aromatic N) is 2. The minimum Gasteiger partial charge on any atom is -0.378 e. The molecule has 3 aliphatic rings. The van der Waals surface area contributed by atoms with Gasteiger partial charge in [-0.2, -0.15) is 0 Å². The molecule has 1 aliphatic carbocycles. The van der Waals surface area contributed by atoms with E-state index in [2.05, 4.69) is 46.8 Å². The van der Waals surface area contributed by atoms with E-state index in [9.17, 15) is 9.59 Å². The molecule has 0 aromatic heterocycles. The van der Waals surface area contributed by atoms with E-state index in [0.717, 1.165) is 49.7 Å². The fourth-order valence-corrected chi connectivity index (χ4v) is 4.81. The Morgan fingerprint density at radius 3 is 2.52 bits per heavy atom. The predicted molar refractivity (Wildman–Crippen MR) is 120 cm³/mol. The van der Waals surface area contributed by atoms with Crippen molar-refractivity contribution in [1.82, 2.24) is 10.3 Å². The molecule has 2 heterocycles. The van der Waals surface area contributed by atoms with Crippen LogP contribution in [0.25, 0.3) is 0 Å². The van der Waals surface area contributed by atoms with Gasteiger partial charge in [0.05, 0.1) is 25.2 Å². The van der Waals surface area contributed by atoms with Crippen LogP contribution < -0.4 is 21.5 Å². The number of anilines is 2. The first kappa shape index (κ1) is 21.4. The van der Waals surface area contributed by atoms with Gasteiger partial charge in [0.2, 0.25) is 11.8 Å². The molecule has 31 heavy (non-hydrogen) atoms. The van der Waals surface area contributed by atoms with E-state index in [4.69, 9.17) is 10.6 Å². The summed E-state index contributed by atoms with van der Waals surface area (Å²) in [4.78, 5) is 28.6. The maximum atomic E-state index is 12.3. The van der Waals surface area contributed by atoms with Crippen molar-refractivity contribution in [2.45, 2.75) is 38.8 Å². The Labute approximate surface area is 183 Å². The zero-order chi connectivity index (χ0) is 22.0. The first-order valence-electron chi connectivity index (χ1n) is 10.9. The van der Waals surface area contributed by atoms with Crippen LogP contribution in [0.4, 0.5) is 11.4 Å². The zero-order valence-corrected chi connectivity index (χ0v) is 18.1. The van der Waals surface area contributed by atoms with Crippen molar-refractivity contribution in [2.24, 2.45) is 11.8 Å². The molecule has 4 rings (SSSR count). The second kappa shape index (κ2) is 9.11. The van der Waals surface area contributed by atoms with Gasteiger partial charge >= 0.3 is 0 Å². The van der Waals surface area contributed by atoms with Crippen molar-refractivity contribution in [3.8, 4) is 0 Å². The van der Waals surface area contributed by atoms with Crippen molar-refractivity contribution in [1.29, 1.82) is 0 Å². The number of allylic oxidation sites excluding steroid dienone is 1. The molecule has 8 heteroatoms. The second-order valence-corrected chi connectivity index (χ2v) is 8.41. The normalized spacial score (nSPS) is 25.8. The molecule has 2 amide bonds. The molecule has 2 aliphatic heterocycles. The molecule has 0 radical (unpaired) electrons. The van der Waals surface area contributed by atoms with Crippen LogP contribution in [0.3, 0.4) is 0 Å². The molecule has 3 atom stereocenters. The highest BCUT2D eigenvalue weighted by atomic mass is 16.5. The van der Waals surface area contributed by atoms with Gasteiger partial charge < -0.3 is 19.9 Å². The van der Waals surface area contributed by atoms with Crippen molar-refractivity contribution in [3.05, 3.63) is 47.7 Å². The Morgan fingerprint density at radius 2 is 1.87 bits per heavy atom. The molecule has 166 valence electrons. The van der Waals surface area contributed by atoms with Crippen molar-refractivity contribution < 1.29 is 14.3 Å². The molecule has 1 aromatic rings. The predicted octanol–water partition coefficient (Wildman–Crippen LogP) is 1.76. The standard InChI is InChI=1S/C23H31N5O3/c1-15-13-21(25-18-4-6-19(7-5-18)27-9-11-31-12-10-27)20-14-17(23(30)26-24)3-8-22(20)28(15)16(2)29/h3-8,15,17,21,25H,9-14,24H2,1-2H3,(H,26,30). The zero-order valence-electron chi connectivity index (χ0n) is 18.1. The maximum absolute atomic E-state index is 12.3. The monoisotopic (exact) mass is 425 g/mol. The third-order valence-electron chi connectivity index (χ3n) is 6.36. The number of nitrogens with two attached hydrogens (primary N) is 1. The van der Waals surface area contributed by atoms with Crippen LogP contribution in [0.5, 0.6) is 0 Å². The smallest absolute Gasteiger partial charge is 0.241 e. The number of carbonyl (C=O) groups excluding carboxylic acids is 2. The van der Waals surface area contributed by atoms with Crippen LogP contribution in [0, 0.1) is 5.92 Å². The lowest BCUT2D eigenvalue weighted by atomic mass is 9.81. The molecule has 4 N–H and O–H groups in total. The average molecular weight is 426 g/mol. The van der Waals surface area contributed by atoms with Crippen LogP contribution >= 0.6 is 0 Å². The molecular weight excluding hydrogens is 394 g/mol. The van der Waals surface area contributed by atoms with E-state index in [0.29, 0.717) is 6.42 Å². The van der Waals surface area contributed by atoms with Crippen molar-refractivity contribution in [2.75, 3.05) is 36.5 Å². The number of rotatable bonds is 4. The van der Waals surface area contributed by atoms with Gasteiger partial charge in [0, 0.05) is 43.1 Å². The van der Waals surface area contributed by atoms with E-state index < -0.39 is 0 Å². The molecule has 1 saturated heterocycles. The third-order valence-corrected chi connectivity index (χ3v) is 6.36. The van der Waals surface area contributed by atoms with Crippen LogP contribution in [-0.4, -0.2) is 55.1 Å². The number of morpholine rings is 1. The van der Waals surface area contributed by atoms with Gasteiger partial charge in [-0.1, -0.05) is 6.08 Å². The quantitative estimate of drug-likeness (QED) is 0.386. The van der Waals surface area contributed by atoms with Crippen LogP contribution in [-0.2, 0) is 14.3 Å². The summed E-state index contributed by atoms with van der Waals surface area (Å²) < 4.78 is 5.44. The van der Waals surface area contributed by atoms with Gasteiger partial charge in [-0.25, -0.2) is 5.84 Å². The summed E-state index contributed by atoms with van der Waals surface area (Å²) >= 11 is 0. The molecule has 0 bridgehead atoms. The summed E-state index contributed by atoms with van der Waals surface area (Å²) in [7, 11) is 0. The van der Waals surface area contributed by atoms with Gasteiger partial charge in [0.25, 0.3) is 0 Å². The molecule has 8 nitrogen and oxygen atoms in total. The molecule has 3 unspecified atom stereocenters. The highest BCUT2D eigenvalue weighted by molar-refractivity contribution is 5.82. The number of hydrazine groups is 1. The van der Waals surface area contributed by atoms with Crippen LogP contribution in [0.15, 0.2) is 47.7 Å². The maximum Gasteiger partial charge on any atom is 0.241 e. The Hall–Kier alpha value is -2.84. The van der Waals surface area contributed by atoms with Gasteiger partial charge in [-0.3, -0.25) is 15.0 Å². The van der Waals surface area contributed by atoms with Gasteiger partial charge in [-0.05, 0) is 55.7 Å². The Kier molecular flexibility index (Phi) is 6.29. The number of hydrogen-bond acceptors (Lipinski definition) is 6. The molecule has 1 fully saturated rings. The van der Waals surface area contributed by atoms with Crippen LogP contribution in [0.2, 0.25) is 0 Å². The largest absolute Gasteiger partial charge is 0.378 e. The number of carbonyl (C=O) groups is 2. The summed E-state index contributed by atoms with van der Waals surface area (Å²) in [5, 5.41) is 3.64. The fraction of sp³-hybridized carbons (Fsp3) is 0.478. The minimum absolute atomic E-state index is 0.0136.